The summed E-state index contributed by atoms with van der Waals surface area (Å²) in [6.45, 7) is 1.67. The highest BCUT2D eigenvalue weighted by molar-refractivity contribution is 6.14. The Kier molecular flexibility index (Phi) is 4.25. The fourth-order valence-electron chi connectivity index (χ4n) is 3.14. The fraction of sp³-hybridized carbons (Fsp3) is 0.500. The number of halogens is 3. The molecule has 1 spiro atoms. The molecule has 1 N–H and O–H groups in total. The first kappa shape index (κ1) is 16.8. The number of nitrogens with zero attached hydrogens (tertiary/aromatic N) is 3. The van der Waals surface area contributed by atoms with Crippen LogP contribution in [0.15, 0.2) is 34.3 Å². The molecule has 0 saturated carbocycles. The van der Waals surface area contributed by atoms with E-state index in [4.69, 9.17) is 4.99 Å². The summed E-state index contributed by atoms with van der Waals surface area (Å²) in [4.78, 5) is 11.3. The van der Waals surface area contributed by atoms with Crippen LogP contribution in [0.5, 0.6) is 5.75 Å². The fourth-order valence-corrected chi connectivity index (χ4v) is 3.14. The molecule has 1 aromatic rings. The summed E-state index contributed by atoms with van der Waals surface area (Å²) in [5, 5.41) is 3.30. The Morgan fingerprint density at radius 1 is 1.21 bits per heavy atom. The summed E-state index contributed by atoms with van der Waals surface area (Å²) < 4.78 is 41.2. The molecule has 1 aromatic carbocycles. The van der Waals surface area contributed by atoms with Crippen molar-refractivity contribution < 1.29 is 17.9 Å². The van der Waals surface area contributed by atoms with Gasteiger partial charge in [0.15, 0.2) is 5.84 Å². The molecule has 0 amide bonds. The van der Waals surface area contributed by atoms with E-state index in [1.54, 1.807) is 6.07 Å². The Labute approximate surface area is 138 Å². The Balaban J connectivity index is 1.94. The maximum atomic E-state index is 12.4. The zero-order valence-corrected chi connectivity index (χ0v) is 13.5. The number of ether oxygens (including phenoxy) is 1. The van der Waals surface area contributed by atoms with Gasteiger partial charge in [0.05, 0.1) is 0 Å². The van der Waals surface area contributed by atoms with E-state index < -0.39 is 11.9 Å². The molecule has 130 valence electrons. The monoisotopic (exact) mass is 340 g/mol. The first-order chi connectivity index (χ1) is 11.3. The lowest BCUT2D eigenvalue weighted by Gasteiger charge is -2.34. The number of aliphatic imine (C=N–C) groups is 2. The zero-order chi connectivity index (χ0) is 17.4. The first-order valence-electron chi connectivity index (χ1n) is 7.72. The third-order valence-corrected chi connectivity index (χ3v) is 4.13. The van der Waals surface area contributed by atoms with Crippen LogP contribution in [0.1, 0.15) is 18.4 Å². The van der Waals surface area contributed by atoms with Crippen molar-refractivity contribution in [2.75, 3.05) is 27.2 Å². The second-order valence-electron chi connectivity index (χ2n) is 6.12. The maximum Gasteiger partial charge on any atom is 0.573 e. The smallest absolute Gasteiger partial charge is 0.406 e. The van der Waals surface area contributed by atoms with Gasteiger partial charge >= 0.3 is 6.36 Å². The predicted octanol–water partition coefficient (Wildman–Crippen LogP) is 2.43. The third-order valence-electron chi connectivity index (χ3n) is 4.13. The maximum absolute atomic E-state index is 12.4. The van der Waals surface area contributed by atoms with Gasteiger partial charge < -0.3 is 15.0 Å². The number of hydrogen-bond donors (Lipinski definition) is 1. The van der Waals surface area contributed by atoms with Crippen molar-refractivity contribution >= 4 is 11.7 Å². The molecular formula is C16H19F3N4O. The van der Waals surface area contributed by atoms with Gasteiger partial charge in [0, 0.05) is 19.7 Å². The van der Waals surface area contributed by atoms with Gasteiger partial charge in [0.25, 0.3) is 0 Å². The van der Waals surface area contributed by atoms with Gasteiger partial charge in [-0.05, 0) is 38.1 Å². The molecular weight excluding hydrogens is 321 g/mol. The van der Waals surface area contributed by atoms with Crippen molar-refractivity contribution in [1.82, 2.24) is 10.2 Å². The topological polar surface area (TPSA) is 49.2 Å². The molecule has 2 heterocycles. The van der Waals surface area contributed by atoms with E-state index in [9.17, 15) is 13.2 Å². The van der Waals surface area contributed by atoms with Crippen LogP contribution < -0.4 is 10.1 Å². The molecule has 0 atom stereocenters. The number of rotatable bonds is 2. The van der Waals surface area contributed by atoms with Crippen LogP contribution in [0, 0.1) is 0 Å². The van der Waals surface area contributed by atoms with E-state index >= 15 is 0 Å². The molecule has 0 bridgehead atoms. The molecule has 2 aliphatic heterocycles. The van der Waals surface area contributed by atoms with Crippen LogP contribution in [0.2, 0.25) is 0 Å². The van der Waals surface area contributed by atoms with E-state index in [1.807, 2.05) is 19.0 Å². The number of hydrogen-bond acceptors (Lipinski definition) is 5. The second-order valence-corrected chi connectivity index (χ2v) is 6.12. The van der Waals surface area contributed by atoms with Crippen LogP contribution >= 0.6 is 0 Å². The van der Waals surface area contributed by atoms with Crippen LogP contribution in [-0.2, 0) is 0 Å². The molecule has 0 aliphatic carbocycles. The van der Waals surface area contributed by atoms with E-state index in [-0.39, 0.29) is 5.75 Å². The summed E-state index contributed by atoms with van der Waals surface area (Å²) >= 11 is 0. The second kappa shape index (κ2) is 6.08. The molecule has 1 saturated heterocycles. The van der Waals surface area contributed by atoms with Crippen molar-refractivity contribution in [3.8, 4) is 5.75 Å². The third kappa shape index (κ3) is 3.38. The van der Waals surface area contributed by atoms with Crippen LogP contribution in [0.25, 0.3) is 0 Å². The number of benzene rings is 1. The number of nitrogens with one attached hydrogen (secondary N) is 1. The van der Waals surface area contributed by atoms with Crippen LogP contribution in [0.3, 0.4) is 0 Å². The molecule has 5 nitrogen and oxygen atoms in total. The van der Waals surface area contributed by atoms with Gasteiger partial charge in [-0.25, -0.2) is 4.99 Å². The largest absolute Gasteiger partial charge is 0.573 e. The molecule has 24 heavy (non-hydrogen) atoms. The van der Waals surface area contributed by atoms with Gasteiger partial charge in [0.1, 0.15) is 17.1 Å². The van der Waals surface area contributed by atoms with Gasteiger partial charge in [-0.15, -0.1) is 13.2 Å². The quantitative estimate of drug-likeness (QED) is 0.900. The molecule has 0 aromatic heterocycles. The zero-order valence-electron chi connectivity index (χ0n) is 13.5. The lowest BCUT2D eigenvalue weighted by Crippen LogP contribution is -2.49. The molecule has 8 heteroatoms. The first-order valence-corrected chi connectivity index (χ1v) is 7.72. The van der Waals surface area contributed by atoms with E-state index in [1.165, 1.54) is 18.2 Å². The summed E-state index contributed by atoms with van der Waals surface area (Å²) in [7, 11) is 3.81. The summed E-state index contributed by atoms with van der Waals surface area (Å²) in [5.74, 6) is 1.03. The van der Waals surface area contributed by atoms with Crippen LogP contribution in [0.4, 0.5) is 13.2 Å². The van der Waals surface area contributed by atoms with Crippen molar-refractivity contribution in [2.45, 2.75) is 24.7 Å². The Morgan fingerprint density at radius 2 is 1.92 bits per heavy atom. The van der Waals surface area contributed by atoms with Gasteiger partial charge in [-0.1, -0.05) is 12.1 Å². The predicted molar refractivity (Wildman–Crippen MR) is 85.6 cm³/mol. The lowest BCUT2D eigenvalue weighted by molar-refractivity contribution is -0.274. The summed E-state index contributed by atoms with van der Waals surface area (Å²) in [6.07, 6.45) is -3.09. The average molecular weight is 340 g/mol. The Bertz CT molecular complexity index is 676. The molecule has 3 rings (SSSR count). The normalized spacial score (nSPS) is 19.9. The number of likely N-dealkylation sites (N-methyl/N-ethyl adjacent to an activating group) is 1. The van der Waals surface area contributed by atoms with Gasteiger partial charge in [-0.3, -0.25) is 4.99 Å². The number of alkyl halides is 3. The van der Waals surface area contributed by atoms with E-state index in [2.05, 4.69) is 15.0 Å². The van der Waals surface area contributed by atoms with Gasteiger partial charge in [0.2, 0.25) is 0 Å². The van der Waals surface area contributed by atoms with Crippen molar-refractivity contribution in [3.63, 3.8) is 0 Å². The Morgan fingerprint density at radius 3 is 2.54 bits per heavy atom. The Hall–Kier alpha value is -2.09. The van der Waals surface area contributed by atoms with E-state index in [0.29, 0.717) is 11.4 Å². The van der Waals surface area contributed by atoms with Crippen molar-refractivity contribution in [1.29, 1.82) is 0 Å². The van der Waals surface area contributed by atoms with E-state index in [0.717, 1.165) is 31.8 Å². The molecule has 1 fully saturated rings. The van der Waals surface area contributed by atoms with Crippen molar-refractivity contribution in [2.24, 2.45) is 9.98 Å². The number of amidine groups is 2. The van der Waals surface area contributed by atoms with Gasteiger partial charge in [-0.2, -0.15) is 0 Å². The molecule has 0 unspecified atom stereocenters. The summed E-state index contributed by atoms with van der Waals surface area (Å²) in [6, 6.07) is 5.79. The summed E-state index contributed by atoms with van der Waals surface area (Å²) in [5.41, 5.74) is 0.122. The average Bonchev–Trinajstić information content (AvgIpc) is 2.86. The SMILES string of the molecule is CN(C)C1=NC(c2cccc(OC(F)(F)F)c2)=NC12CCNCC2. The minimum absolute atomic E-state index is 0.268. The number of piperidine rings is 1. The highest BCUT2D eigenvalue weighted by Gasteiger charge is 2.42. The minimum Gasteiger partial charge on any atom is -0.406 e. The highest BCUT2D eigenvalue weighted by Crippen LogP contribution is 2.33. The standard InChI is InChI=1S/C16H19F3N4O/c1-23(2)14-15(6-8-20-9-7-15)22-13(21-14)11-4-3-5-12(10-11)24-16(17,18)19/h3-5,10,20H,6-9H2,1-2H3. The highest BCUT2D eigenvalue weighted by atomic mass is 19.4. The molecule has 0 radical (unpaired) electrons. The van der Waals surface area contributed by atoms with Crippen molar-refractivity contribution in [3.05, 3.63) is 29.8 Å². The van der Waals surface area contributed by atoms with Crippen LogP contribution in [-0.4, -0.2) is 55.7 Å². The minimum atomic E-state index is -4.72. The lowest BCUT2D eigenvalue weighted by atomic mass is 9.87. The molecule has 2 aliphatic rings.